The molecule has 1 aliphatic rings. The molecule has 0 spiro atoms. The molecule has 0 saturated carbocycles. The van der Waals surface area contributed by atoms with E-state index in [1.165, 1.54) is 33.7 Å². The summed E-state index contributed by atoms with van der Waals surface area (Å²) < 4.78 is 0. The molecule has 8 heteroatoms. The topological polar surface area (TPSA) is 103 Å². The van der Waals surface area contributed by atoms with Gasteiger partial charge in [-0.05, 0) is 49.8 Å². The molecule has 3 N–H and O–H groups in total. The number of rotatable bonds is 14. The number of imide groups is 1. The lowest BCUT2D eigenvalue weighted by molar-refractivity contribution is -0.137. The Morgan fingerprint density at radius 3 is 2.63 bits per heavy atom. The van der Waals surface area contributed by atoms with Gasteiger partial charge in [-0.1, -0.05) is 26.7 Å². The summed E-state index contributed by atoms with van der Waals surface area (Å²) in [5.41, 5.74) is 4.45. The first-order valence-corrected chi connectivity index (χ1v) is 13.7. The zero-order chi connectivity index (χ0) is 25.4. The fourth-order valence-corrected chi connectivity index (χ4v) is 5.48. The molecule has 0 radical (unpaired) electrons. The van der Waals surface area contributed by atoms with Gasteiger partial charge in [-0.2, -0.15) is 11.8 Å². The number of carbonyl (C=O) groups excluding carboxylic acids is 3. The Hall–Kier alpha value is -2.74. The maximum atomic E-state index is 12.1. The number of aromatic nitrogens is 1. The number of carbonyl (C=O) groups is 3. The zero-order valence-electron chi connectivity index (χ0n) is 21.0. The van der Waals surface area contributed by atoms with Crippen LogP contribution in [0.4, 0.5) is 0 Å². The van der Waals surface area contributed by atoms with Gasteiger partial charge in [-0.15, -0.1) is 0 Å². The quantitative estimate of drug-likeness (QED) is 0.253. The Morgan fingerprint density at radius 1 is 1.17 bits per heavy atom. The number of H-pyrrole nitrogens is 1. The Labute approximate surface area is 211 Å². The van der Waals surface area contributed by atoms with Crippen LogP contribution in [-0.4, -0.2) is 51.6 Å². The predicted octanol–water partition coefficient (Wildman–Crippen LogP) is 4.92. The number of hydrogen-bond donors (Lipinski definition) is 3. The normalized spacial score (nSPS) is 14.3. The van der Waals surface area contributed by atoms with E-state index in [1.807, 2.05) is 6.07 Å². The van der Waals surface area contributed by atoms with Crippen molar-refractivity contribution in [3.05, 3.63) is 41.1 Å². The highest BCUT2D eigenvalue weighted by molar-refractivity contribution is 7.98. The number of amides is 3. The van der Waals surface area contributed by atoms with E-state index in [9.17, 15) is 19.5 Å². The number of unbranched alkanes of at least 4 members (excludes halogenated alkanes) is 2. The third-order valence-corrected chi connectivity index (χ3v) is 7.56. The number of hydrogen-bond acceptors (Lipinski definition) is 5. The molecular formula is C27H37N3O4S. The lowest BCUT2D eigenvalue weighted by Crippen LogP contribution is -2.30. The van der Waals surface area contributed by atoms with Crippen LogP contribution in [0.2, 0.25) is 0 Å². The van der Waals surface area contributed by atoms with Crippen molar-refractivity contribution in [1.29, 1.82) is 0 Å². The molecule has 35 heavy (non-hydrogen) atoms. The molecule has 0 fully saturated rings. The van der Waals surface area contributed by atoms with Crippen LogP contribution in [-0.2, 0) is 20.1 Å². The average molecular weight is 500 g/mol. The molecule has 3 rings (SSSR count). The van der Waals surface area contributed by atoms with E-state index in [2.05, 4.69) is 31.1 Å². The van der Waals surface area contributed by atoms with Crippen molar-refractivity contribution in [2.75, 3.05) is 18.8 Å². The predicted molar refractivity (Wildman–Crippen MR) is 142 cm³/mol. The number of nitrogens with zero attached hydrogens (tertiary/aromatic N) is 1. The maximum Gasteiger partial charge on any atom is 0.253 e. The minimum absolute atomic E-state index is 0.0140. The number of thioether (sulfide) groups is 1. The van der Waals surface area contributed by atoms with E-state index >= 15 is 0 Å². The largest absolute Gasteiger partial charge is 0.508 e. The van der Waals surface area contributed by atoms with Gasteiger partial charge < -0.3 is 15.4 Å². The van der Waals surface area contributed by atoms with Crippen LogP contribution in [0.3, 0.4) is 0 Å². The van der Waals surface area contributed by atoms with Gasteiger partial charge in [0.1, 0.15) is 5.75 Å². The summed E-state index contributed by atoms with van der Waals surface area (Å²) in [4.78, 5) is 39.9. The monoisotopic (exact) mass is 499 g/mol. The molecule has 0 saturated heterocycles. The Bertz CT molecular complexity index is 1070. The van der Waals surface area contributed by atoms with E-state index in [0.717, 1.165) is 42.5 Å². The Kier molecular flexibility index (Phi) is 9.83. The second-order valence-electron chi connectivity index (χ2n) is 9.21. The van der Waals surface area contributed by atoms with Gasteiger partial charge in [0, 0.05) is 59.8 Å². The summed E-state index contributed by atoms with van der Waals surface area (Å²) >= 11 is 1.69. The molecule has 1 aromatic heterocycles. The van der Waals surface area contributed by atoms with Crippen LogP contribution >= 0.6 is 11.8 Å². The molecule has 0 aliphatic carbocycles. The van der Waals surface area contributed by atoms with Crippen molar-refractivity contribution in [1.82, 2.24) is 15.2 Å². The van der Waals surface area contributed by atoms with Gasteiger partial charge in [-0.3, -0.25) is 19.3 Å². The van der Waals surface area contributed by atoms with Crippen molar-refractivity contribution in [3.63, 3.8) is 0 Å². The molecular weight excluding hydrogens is 462 g/mol. The number of nitrogens with one attached hydrogen (secondary N) is 2. The highest BCUT2D eigenvalue weighted by Gasteiger charge is 2.22. The van der Waals surface area contributed by atoms with Crippen molar-refractivity contribution >= 4 is 40.4 Å². The first-order chi connectivity index (χ1) is 16.8. The van der Waals surface area contributed by atoms with Crippen LogP contribution in [0.1, 0.15) is 75.1 Å². The van der Waals surface area contributed by atoms with Crippen LogP contribution in [0.15, 0.2) is 24.3 Å². The lowest BCUT2D eigenvalue weighted by atomic mass is 9.98. The minimum Gasteiger partial charge on any atom is -0.508 e. The van der Waals surface area contributed by atoms with Gasteiger partial charge in [0.2, 0.25) is 5.91 Å². The van der Waals surface area contributed by atoms with Gasteiger partial charge in [-0.25, -0.2) is 0 Å². The fraction of sp³-hybridized carbons (Fsp3) is 0.519. The van der Waals surface area contributed by atoms with Crippen molar-refractivity contribution in [2.45, 2.75) is 71.0 Å². The van der Waals surface area contributed by atoms with Crippen molar-refractivity contribution in [2.24, 2.45) is 0 Å². The second-order valence-corrected chi connectivity index (χ2v) is 10.3. The third-order valence-electron chi connectivity index (χ3n) is 6.57. The number of aryl methyl sites for hydroxylation is 1. The van der Waals surface area contributed by atoms with Gasteiger partial charge >= 0.3 is 0 Å². The minimum atomic E-state index is -0.257. The molecule has 3 amide bonds. The van der Waals surface area contributed by atoms with Gasteiger partial charge in [0.15, 0.2) is 0 Å². The number of phenols is 1. The maximum absolute atomic E-state index is 12.1. The highest BCUT2D eigenvalue weighted by Crippen LogP contribution is 2.35. The summed E-state index contributed by atoms with van der Waals surface area (Å²) in [5.74, 6) is 1.68. The van der Waals surface area contributed by atoms with E-state index < -0.39 is 0 Å². The molecule has 190 valence electrons. The first-order valence-electron chi connectivity index (χ1n) is 12.5. The second kappa shape index (κ2) is 12.8. The molecule has 2 heterocycles. The SMILES string of the molecule is CCCC(C)c1[nH]c2c(CSCCNC(=O)CCCCCN3C(=O)C=CC3=O)c(O)ccc2c1C. The summed E-state index contributed by atoms with van der Waals surface area (Å²) in [5, 5.41) is 14.6. The van der Waals surface area contributed by atoms with Crippen molar-refractivity contribution in [3.8, 4) is 5.75 Å². The number of aromatic amines is 1. The number of phenolic OH excluding ortho intramolecular Hbond substituents is 1. The summed E-state index contributed by atoms with van der Waals surface area (Å²) in [7, 11) is 0. The smallest absolute Gasteiger partial charge is 0.253 e. The van der Waals surface area contributed by atoms with Gasteiger partial charge in [0.05, 0.1) is 5.52 Å². The standard InChI is InChI=1S/C27H37N3O4S/c1-4-8-18(2)26-19(3)20-10-11-22(31)21(27(20)29-26)17-35-16-14-28-23(32)9-6-5-7-15-30-24(33)12-13-25(30)34/h10-13,18,29,31H,4-9,14-17H2,1-3H3,(H,28,32). The number of aromatic hydroxyl groups is 1. The lowest BCUT2D eigenvalue weighted by Gasteiger charge is -2.13. The molecule has 0 bridgehead atoms. The highest BCUT2D eigenvalue weighted by atomic mass is 32.2. The van der Waals surface area contributed by atoms with Gasteiger partial charge in [0.25, 0.3) is 11.8 Å². The zero-order valence-corrected chi connectivity index (χ0v) is 21.8. The Morgan fingerprint density at radius 2 is 1.91 bits per heavy atom. The average Bonchev–Trinajstić information content (AvgIpc) is 3.33. The fourth-order valence-electron chi connectivity index (χ4n) is 4.59. The molecule has 1 aliphatic heterocycles. The molecule has 1 aromatic carbocycles. The van der Waals surface area contributed by atoms with E-state index in [1.54, 1.807) is 17.8 Å². The van der Waals surface area contributed by atoms with Crippen LogP contribution < -0.4 is 5.32 Å². The summed E-state index contributed by atoms with van der Waals surface area (Å²) in [6, 6.07) is 3.77. The Balaban J connectivity index is 1.37. The number of benzene rings is 1. The summed E-state index contributed by atoms with van der Waals surface area (Å²) in [6.45, 7) is 7.56. The molecule has 2 aromatic rings. The van der Waals surface area contributed by atoms with Crippen LogP contribution in [0.25, 0.3) is 10.9 Å². The van der Waals surface area contributed by atoms with E-state index in [4.69, 9.17) is 0 Å². The van der Waals surface area contributed by atoms with E-state index in [0.29, 0.717) is 43.4 Å². The van der Waals surface area contributed by atoms with Crippen LogP contribution in [0, 0.1) is 6.92 Å². The molecule has 1 unspecified atom stereocenters. The number of fused-ring (bicyclic) bond motifs is 1. The first kappa shape index (κ1) is 26.9. The third kappa shape index (κ3) is 6.90. The molecule has 7 nitrogen and oxygen atoms in total. The summed E-state index contributed by atoms with van der Waals surface area (Å²) in [6.07, 6.45) is 7.49. The van der Waals surface area contributed by atoms with E-state index in [-0.39, 0.29) is 17.7 Å². The molecule has 1 atom stereocenters. The van der Waals surface area contributed by atoms with Crippen LogP contribution in [0.5, 0.6) is 5.75 Å². The van der Waals surface area contributed by atoms with Crippen molar-refractivity contribution < 1.29 is 19.5 Å².